The number of pyridine rings is 1. The van der Waals surface area contributed by atoms with Gasteiger partial charge in [-0.2, -0.15) is 0 Å². The minimum atomic E-state index is 0.525. The van der Waals surface area contributed by atoms with E-state index in [9.17, 15) is 0 Å². The van der Waals surface area contributed by atoms with E-state index in [4.69, 9.17) is 4.98 Å². The van der Waals surface area contributed by atoms with Gasteiger partial charge in [0.15, 0.2) is 0 Å². The topological polar surface area (TPSA) is 28.2 Å². The van der Waals surface area contributed by atoms with Gasteiger partial charge in [0.25, 0.3) is 0 Å². The van der Waals surface area contributed by atoms with Gasteiger partial charge in [-0.25, -0.2) is 4.98 Å². The molecule has 2 aliphatic heterocycles. The SMILES string of the molecule is Cc1nc(N2CCCCC2)ccc1[C@@H]1CCCCN1. The summed E-state index contributed by atoms with van der Waals surface area (Å²) >= 11 is 0. The molecule has 1 aromatic heterocycles. The largest absolute Gasteiger partial charge is 0.357 e. The van der Waals surface area contributed by atoms with Crippen LogP contribution in [0.15, 0.2) is 12.1 Å². The molecule has 0 spiro atoms. The second-order valence-corrected chi connectivity index (χ2v) is 5.89. The first-order chi connectivity index (χ1) is 9.34. The van der Waals surface area contributed by atoms with Crippen molar-refractivity contribution >= 4 is 5.82 Å². The first-order valence-corrected chi connectivity index (χ1v) is 7.80. The van der Waals surface area contributed by atoms with E-state index in [1.165, 1.54) is 68.7 Å². The van der Waals surface area contributed by atoms with Gasteiger partial charge in [0, 0.05) is 24.8 Å². The predicted molar refractivity (Wildman–Crippen MR) is 79.6 cm³/mol. The third kappa shape index (κ3) is 2.92. The van der Waals surface area contributed by atoms with Crippen LogP contribution in [0.25, 0.3) is 0 Å². The van der Waals surface area contributed by atoms with Gasteiger partial charge in [0.2, 0.25) is 0 Å². The van der Waals surface area contributed by atoms with Crippen LogP contribution in [0.2, 0.25) is 0 Å². The highest BCUT2D eigenvalue weighted by Crippen LogP contribution is 2.27. The Morgan fingerprint density at radius 3 is 2.63 bits per heavy atom. The van der Waals surface area contributed by atoms with E-state index in [1.807, 2.05) is 0 Å². The molecule has 0 amide bonds. The van der Waals surface area contributed by atoms with Crippen LogP contribution in [-0.2, 0) is 0 Å². The number of nitrogens with one attached hydrogen (secondary N) is 1. The lowest BCUT2D eigenvalue weighted by Crippen LogP contribution is -2.31. The van der Waals surface area contributed by atoms with Crippen molar-refractivity contribution in [2.45, 2.75) is 51.5 Å². The van der Waals surface area contributed by atoms with Crippen molar-refractivity contribution in [2.24, 2.45) is 0 Å². The van der Waals surface area contributed by atoms with Crippen molar-refractivity contribution in [1.82, 2.24) is 10.3 Å². The summed E-state index contributed by atoms with van der Waals surface area (Å²) in [6, 6.07) is 5.05. The standard InChI is InChI=1S/C16H25N3/c1-13-14(15-7-3-4-10-17-15)8-9-16(18-13)19-11-5-2-6-12-19/h8-9,15,17H,2-7,10-12H2,1H3/t15-/m0/s1. The van der Waals surface area contributed by atoms with Crippen molar-refractivity contribution < 1.29 is 0 Å². The van der Waals surface area contributed by atoms with Gasteiger partial charge in [0.1, 0.15) is 5.82 Å². The number of anilines is 1. The molecule has 1 N–H and O–H groups in total. The van der Waals surface area contributed by atoms with Crippen molar-refractivity contribution in [3.63, 3.8) is 0 Å². The molecule has 1 aromatic rings. The molecule has 0 aromatic carbocycles. The zero-order valence-corrected chi connectivity index (χ0v) is 12.0. The maximum atomic E-state index is 4.86. The fourth-order valence-corrected chi connectivity index (χ4v) is 3.34. The number of hydrogen-bond acceptors (Lipinski definition) is 3. The highest BCUT2D eigenvalue weighted by molar-refractivity contribution is 5.42. The van der Waals surface area contributed by atoms with Gasteiger partial charge < -0.3 is 10.2 Å². The first-order valence-electron chi connectivity index (χ1n) is 7.80. The van der Waals surface area contributed by atoms with Gasteiger partial charge in [0.05, 0.1) is 0 Å². The summed E-state index contributed by atoms with van der Waals surface area (Å²) in [7, 11) is 0. The quantitative estimate of drug-likeness (QED) is 0.884. The Morgan fingerprint density at radius 1 is 1.11 bits per heavy atom. The Morgan fingerprint density at radius 2 is 1.95 bits per heavy atom. The van der Waals surface area contributed by atoms with Crippen LogP contribution < -0.4 is 10.2 Å². The lowest BCUT2D eigenvalue weighted by Gasteiger charge is -2.29. The molecule has 2 saturated heterocycles. The van der Waals surface area contributed by atoms with E-state index in [0.29, 0.717) is 6.04 Å². The molecule has 0 saturated carbocycles. The smallest absolute Gasteiger partial charge is 0.128 e. The molecule has 2 fully saturated rings. The van der Waals surface area contributed by atoms with Crippen LogP contribution in [-0.4, -0.2) is 24.6 Å². The van der Waals surface area contributed by atoms with Crippen LogP contribution in [0, 0.1) is 6.92 Å². The molecule has 1 atom stereocenters. The zero-order chi connectivity index (χ0) is 13.1. The predicted octanol–water partition coefficient (Wildman–Crippen LogP) is 3.19. The lowest BCUT2D eigenvalue weighted by molar-refractivity contribution is 0.410. The molecule has 3 heterocycles. The molecule has 0 aliphatic carbocycles. The lowest BCUT2D eigenvalue weighted by atomic mass is 9.96. The van der Waals surface area contributed by atoms with Crippen LogP contribution >= 0.6 is 0 Å². The third-order valence-corrected chi connectivity index (χ3v) is 4.48. The molecular weight excluding hydrogens is 234 g/mol. The van der Waals surface area contributed by atoms with E-state index in [2.05, 4.69) is 29.3 Å². The summed E-state index contributed by atoms with van der Waals surface area (Å²) in [4.78, 5) is 7.30. The molecule has 0 radical (unpaired) electrons. The molecule has 3 rings (SSSR count). The number of nitrogens with zero attached hydrogens (tertiary/aromatic N) is 2. The molecule has 104 valence electrons. The molecule has 2 aliphatic rings. The monoisotopic (exact) mass is 259 g/mol. The van der Waals surface area contributed by atoms with Crippen molar-refractivity contribution in [3.8, 4) is 0 Å². The third-order valence-electron chi connectivity index (χ3n) is 4.48. The highest BCUT2D eigenvalue weighted by Gasteiger charge is 2.19. The Hall–Kier alpha value is -1.09. The first kappa shape index (κ1) is 12.9. The molecule has 0 bridgehead atoms. The van der Waals surface area contributed by atoms with Crippen LogP contribution in [0.5, 0.6) is 0 Å². The molecule has 0 unspecified atom stereocenters. The Balaban J connectivity index is 1.76. The van der Waals surface area contributed by atoms with Gasteiger partial charge >= 0.3 is 0 Å². The van der Waals surface area contributed by atoms with Crippen molar-refractivity contribution in [3.05, 3.63) is 23.4 Å². The second kappa shape index (κ2) is 5.91. The van der Waals surface area contributed by atoms with Crippen LogP contribution in [0.4, 0.5) is 5.82 Å². The summed E-state index contributed by atoms with van der Waals surface area (Å²) in [6.07, 6.45) is 7.91. The summed E-state index contributed by atoms with van der Waals surface area (Å²) in [5.41, 5.74) is 2.61. The average molecular weight is 259 g/mol. The maximum absolute atomic E-state index is 4.86. The van der Waals surface area contributed by atoms with Gasteiger partial charge in [-0.3, -0.25) is 0 Å². The number of aromatic nitrogens is 1. The van der Waals surface area contributed by atoms with Gasteiger partial charge in [-0.15, -0.1) is 0 Å². The fourth-order valence-electron chi connectivity index (χ4n) is 3.34. The Kier molecular flexibility index (Phi) is 4.02. The van der Waals surface area contributed by atoms with Gasteiger partial charge in [-0.05, 0) is 57.2 Å². The normalized spacial score (nSPS) is 24.5. The number of piperidine rings is 2. The van der Waals surface area contributed by atoms with Gasteiger partial charge in [-0.1, -0.05) is 12.5 Å². The van der Waals surface area contributed by atoms with E-state index in [1.54, 1.807) is 0 Å². The number of rotatable bonds is 2. The summed E-state index contributed by atoms with van der Waals surface area (Å²) < 4.78 is 0. The van der Waals surface area contributed by atoms with Crippen LogP contribution in [0.1, 0.15) is 55.8 Å². The number of hydrogen-bond donors (Lipinski definition) is 1. The molecular formula is C16H25N3. The van der Waals surface area contributed by atoms with E-state index in [0.717, 1.165) is 6.54 Å². The zero-order valence-electron chi connectivity index (χ0n) is 12.0. The Labute approximate surface area is 116 Å². The highest BCUT2D eigenvalue weighted by atomic mass is 15.2. The summed E-state index contributed by atoms with van der Waals surface area (Å²) in [5.74, 6) is 1.18. The average Bonchev–Trinajstić information content (AvgIpc) is 2.49. The minimum absolute atomic E-state index is 0.525. The summed E-state index contributed by atoms with van der Waals surface area (Å²) in [6.45, 7) is 5.66. The van der Waals surface area contributed by atoms with Crippen molar-refractivity contribution in [2.75, 3.05) is 24.5 Å². The summed E-state index contributed by atoms with van der Waals surface area (Å²) in [5, 5.41) is 3.62. The van der Waals surface area contributed by atoms with Crippen LogP contribution in [0.3, 0.4) is 0 Å². The molecule has 19 heavy (non-hydrogen) atoms. The van der Waals surface area contributed by atoms with E-state index >= 15 is 0 Å². The van der Waals surface area contributed by atoms with Crippen molar-refractivity contribution in [1.29, 1.82) is 0 Å². The minimum Gasteiger partial charge on any atom is -0.357 e. The van der Waals surface area contributed by atoms with E-state index in [-0.39, 0.29) is 0 Å². The second-order valence-electron chi connectivity index (χ2n) is 5.89. The fraction of sp³-hybridized carbons (Fsp3) is 0.688. The molecule has 3 nitrogen and oxygen atoms in total. The Bertz CT molecular complexity index is 418. The maximum Gasteiger partial charge on any atom is 0.128 e. The van der Waals surface area contributed by atoms with E-state index < -0.39 is 0 Å². The number of aryl methyl sites for hydroxylation is 1. The molecule has 3 heteroatoms.